The van der Waals surface area contributed by atoms with Gasteiger partial charge in [0.15, 0.2) is 0 Å². The molecule has 2 aromatic rings. The Morgan fingerprint density at radius 3 is 2.30 bits per heavy atom. The largest absolute Gasteiger partial charge is 0.507 e. The van der Waals surface area contributed by atoms with Gasteiger partial charge >= 0.3 is 0 Å². The van der Waals surface area contributed by atoms with E-state index in [0.717, 1.165) is 0 Å². The zero-order valence-corrected chi connectivity index (χ0v) is 12.4. The number of carbonyl (C=O) groups excluding carboxylic acids is 2. The van der Waals surface area contributed by atoms with Gasteiger partial charge in [0.25, 0.3) is 5.91 Å². The second-order valence-electron chi connectivity index (χ2n) is 4.93. The van der Waals surface area contributed by atoms with Crippen LogP contribution in [0.2, 0.25) is 0 Å². The van der Waals surface area contributed by atoms with Crippen molar-refractivity contribution in [1.82, 2.24) is 10.6 Å². The summed E-state index contributed by atoms with van der Waals surface area (Å²) in [5, 5.41) is 14.8. The number of aromatic hydroxyl groups is 1. The molecule has 2 rings (SSSR count). The Morgan fingerprint density at radius 1 is 0.957 bits per heavy atom. The van der Waals surface area contributed by atoms with Gasteiger partial charge in [-0.25, -0.2) is 4.39 Å². The van der Waals surface area contributed by atoms with E-state index in [-0.39, 0.29) is 42.5 Å². The molecule has 23 heavy (non-hydrogen) atoms. The predicted octanol–water partition coefficient (Wildman–Crippen LogP) is 1.62. The molecule has 6 heteroatoms. The fraction of sp³-hybridized carbons (Fsp3) is 0.176. The van der Waals surface area contributed by atoms with E-state index < -0.39 is 5.91 Å². The molecular formula is C17H17FN2O3. The summed E-state index contributed by atoms with van der Waals surface area (Å²) >= 11 is 0. The first-order valence-corrected chi connectivity index (χ1v) is 7.13. The summed E-state index contributed by atoms with van der Waals surface area (Å²) in [5.41, 5.74) is 0.896. The molecule has 120 valence electrons. The van der Waals surface area contributed by atoms with Crippen LogP contribution in [0.25, 0.3) is 0 Å². The van der Waals surface area contributed by atoms with E-state index in [4.69, 9.17) is 0 Å². The van der Waals surface area contributed by atoms with Crippen molar-refractivity contribution in [3.05, 3.63) is 65.5 Å². The number of halogens is 1. The van der Waals surface area contributed by atoms with Crippen LogP contribution in [0.1, 0.15) is 15.9 Å². The lowest BCUT2D eigenvalue weighted by Gasteiger charge is -2.08. The Balaban J connectivity index is 1.71. The van der Waals surface area contributed by atoms with Crippen LogP contribution in [0.4, 0.5) is 4.39 Å². The quantitative estimate of drug-likeness (QED) is 0.709. The maximum atomic E-state index is 12.8. The van der Waals surface area contributed by atoms with Gasteiger partial charge in [0.2, 0.25) is 5.91 Å². The third-order valence-corrected chi connectivity index (χ3v) is 3.16. The number of benzene rings is 2. The van der Waals surface area contributed by atoms with Crippen molar-refractivity contribution in [3.8, 4) is 5.75 Å². The molecule has 0 aliphatic carbocycles. The van der Waals surface area contributed by atoms with Crippen LogP contribution in [0.15, 0.2) is 48.5 Å². The second-order valence-corrected chi connectivity index (χ2v) is 4.93. The molecule has 0 spiro atoms. The van der Waals surface area contributed by atoms with E-state index >= 15 is 0 Å². The Bertz CT molecular complexity index is 686. The molecule has 5 nitrogen and oxygen atoms in total. The molecule has 0 atom stereocenters. The monoisotopic (exact) mass is 316 g/mol. The lowest BCUT2D eigenvalue weighted by molar-refractivity contribution is -0.120. The first-order chi connectivity index (χ1) is 11.1. The molecule has 3 N–H and O–H groups in total. The molecule has 0 fully saturated rings. The smallest absolute Gasteiger partial charge is 0.255 e. The van der Waals surface area contributed by atoms with Gasteiger partial charge in [-0.2, -0.15) is 0 Å². The van der Waals surface area contributed by atoms with Crippen LogP contribution >= 0.6 is 0 Å². The van der Waals surface area contributed by atoms with Gasteiger partial charge in [0.05, 0.1) is 12.0 Å². The number of phenols is 1. The fourth-order valence-corrected chi connectivity index (χ4v) is 1.99. The van der Waals surface area contributed by atoms with Gasteiger partial charge in [-0.15, -0.1) is 0 Å². The van der Waals surface area contributed by atoms with E-state index in [1.165, 1.54) is 24.3 Å². The molecule has 0 aliphatic rings. The van der Waals surface area contributed by atoms with Crippen LogP contribution in [0, 0.1) is 5.82 Å². The van der Waals surface area contributed by atoms with Gasteiger partial charge in [0, 0.05) is 13.1 Å². The van der Waals surface area contributed by atoms with Crippen LogP contribution in [-0.2, 0) is 11.2 Å². The van der Waals surface area contributed by atoms with Gasteiger partial charge in [0.1, 0.15) is 11.6 Å². The van der Waals surface area contributed by atoms with Crippen molar-refractivity contribution in [1.29, 1.82) is 0 Å². The second kappa shape index (κ2) is 7.93. The summed E-state index contributed by atoms with van der Waals surface area (Å²) in [6, 6.07) is 11.9. The fourth-order valence-electron chi connectivity index (χ4n) is 1.99. The lowest BCUT2D eigenvalue weighted by Crippen LogP contribution is -2.35. The molecule has 0 heterocycles. The zero-order chi connectivity index (χ0) is 16.7. The predicted molar refractivity (Wildman–Crippen MR) is 83.6 cm³/mol. The molecule has 0 bridgehead atoms. The normalized spacial score (nSPS) is 10.1. The topological polar surface area (TPSA) is 78.4 Å². The summed E-state index contributed by atoms with van der Waals surface area (Å²) < 4.78 is 12.8. The third kappa shape index (κ3) is 5.10. The van der Waals surface area contributed by atoms with Crippen LogP contribution in [0.3, 0.4) is 0 Å². The maximum absolute atomic E-state index is 12.8. The number of phenolic OH excluding ortho intramolecular Hbond substituents is 1. The third-order valence-electron chi connectivity index (χ3n) is 3.16. The van der Waals surface area contributed by atoms with Crippen LogP contribution < -0.4 is 10.6 Å². The van der Waals surface area contributed by atoms with E-state index in [1.807, 2.05) is 0 Å². The Labute approximate surface area is 133 Å². The highest BCUT2D eigenvalue weighted by atomic mass is 19.1. The Kier molecular flexibility index (Phi) is 5.68. The van der Waals surface area contributed by atoms with Crippen molar-refractivity contribution >= 4 is 11.8 Å². The molecule has 0 aliphatic heterocycles. The number of nitrogens with one attached hydrogen (secondary N) is 2. The summed E-state index contributed by atoms with van der Waals surface area (Å²) in [7, 11) is 0. The molecule has 0 saturated carbocycles. The van der Waals surface area contributed by atoms with E-state index in [0.29, 0.717) is 5.56 Å². The van der Waals surface area contributed by atoms with Crippen molar-refractivity contribution in [2.75, 3.05) is 13.1 Å². The van der Waals surface area contributed by atoms with Crippen LogP contribution in [-0.4, -0.2) is 30.0 Å². The summed E-state index contributed by atoms with van der Waals surface area (Å²) in [6.07, 6.45) is 0.147. The average molecular weight is 316 g/mol. The van der Waals surface area contributed by atoms with Gasteiger partial charge in [-0.1, -0.05) is 24.3 Å². The minimum Gasteiger partial charge on any atom is -0.507 e. The minimum atomic E-state index is -0.407. The Morgan fingerprint density at radius 2 is 1.61 bits per heavy atom. The first-order valence-electron chi connectivity index (χ1n) is 7.13. The van der Waals surface area contributed by atoms with Crippen LogP contribution in [0.5, 0.6) is 5.75 Å². The standard InChI is InChI=1S/C17H17FN2O3/c18-13-7-5-12(6-8-13)11-16(22)19-9-10-20-17(23)14-3-1-2-4-15(14)21/h1-8,21H,9-11H2,(H,19,22)(H,20,23). The molecule has 0 aromatic heterocycles. The highest BCUT2D eigenvalue weighted by Gasteiger charge is 2.09. The number of carbonyl (C=O) groups is 2. The number of rotatable bonds is 6. The van der Waals surface area contributed by atoms with E-state index in [2.05, 4.69) is 10.6 Å². The number of hydrogen-bond donors (Lipinski definition) is 3. The molecule has 0 radical (unpaired) electrons. The van der Waals surface area contributed by atoms with E-state index in [9.17, 15) is 19.1 Å². The molecule has 0 saturated heterocycles. The SMILES string of the molecule is O=C(Cc1ccc(F)cc1)NCCNC(=O)c1ccccc1O. The Hall–Kier alpha value is -2.89. The van der Waals surface area contributed by atoms with Crippen molar-refractivity contribution < 1.29 is 19.1 Å². The number of amides is 2. The van der Waals surface area contributed by atoms with E-state index in [1.54, 1.807) is 24.3 Å². The first kappa shape index (κ1) is 16.5. The summed E-state index contributed by atoms with van der Waals surface area (Å²) in [6.45, 7) is 0.502. The lowest BCUT2D eigenvalue weighted by atomic mass is 10.1. The van der Waals surface area contributed by atoms with Gasteiger partial charge in [-0.05, 0) is 29.8 Å². The number of hydrogen-bond acceptors (Lipinski definition) is 3. The van der Waals surface area contributed by atoms with Gasteiger partial charge in [-0.3, -0.25) is 9.59 Å². The summed E-state index contributed by atoms with van der Waals surface area (Å²) in [5.74, 6) is -1.06. The van der Waals surface area contributed by atoms with Crippen molar-refractivity contribution in [3.63, 3.8) is 0 Å². The molecule has 2 aromatic carbocycles. The minimum absolute atomic E-state index is 0.0923. The molecule has 2 amide bonds. The molecular weight excluding hydrogens is 299 g/mol. The number of para-hydroxylation sites is 1. The average Bonchev–Trinajstić information content (AvgIpc) is 2.54. The summed E-state index contributed by atoms with van der Waals surface area (Å²) in [4.78, 5) is 23.5. The van der Waals surface area contributed by atoms with Crippen molar-refractivity contribution in [2.24, 2.45) is 0 Å². The van der Waals surface area contributed by atoms with Gasteiger partial charge < -0.3 is 15.7 Å². The maximum Gasteiger partial charge on any atom is 0.255 e. The molecule has 0 unspecified atom stereocenters. The zero-order valence-electron chi connectivity index (χ0n) is 12.4. The highest BCUT2D eigenvalue weighted by molar-refractivity contribution is 5.96. The van der Waals surface area contributed by atoms with Crippen molar-refractivity contribution in [2.45, 2.75) is 6.42 Å². The highest BCUT2D eigenvalue weighted by Crippen LogP contribution is 2.14.